The predicted molar refractivity (Wildman–Crippen MR) is 55.9 cm³/mol. The van der Waals surface area contributed by atoms with Crippen LogP contribution in [-0.4, -0.2) is 23.9 Å². The first kappa shape index (κ1) is 10.6. The van der Waals surface area contributed by atoms with Gasteiger partial charge in [-0.15, -0.1) is 0 Å². The molecule has 0 radical (unpaired) electrons. The van der Waals surface area contributed by atoms with Crippen LogP contribution >= 0.6 is 11.8 Å². The SMILES string of the molecule is CCCSCC(=O)C1=CCCCO1. The second kappa shape index (κ2) is 6.08. The lowest BCUT2D eigenvalue weighted by molar-refractivity contribution is -0.116. The van der Waals surface area contributed by atoms with Crippen LogP contribution in [-0.2, 0) is 9.53 Å². The van der Waals surface area contributed by atoms with Crippen LogP contribution in [0.4, 0.5) is 0 Å². The van der Waals surface area contributed by atoms with Crippen molar-refractivity contribution in [3.05, 3.63) is 11.8 Å². The summed E-state index contributed by atoms with van der Waals surface area (Å²) in [6.45, 7) is 2.82. The molecule has 0 aliphatic carbocycles. The summed E-state index contributed by atoms with van der Waals surface area (Å²) in [5.74, 6) is 2.37. The minimum atomic E-state index is 0.151. The average molecular weight is 200 g/mol. The second-order valence-electron chi connectivity index (χ2n) is 3.03. The average Bonchev–Trinajstić information content (AvgIpc) is 2.19. The largest absolute Gasteiger partial charge is 0.490 e. The maximum atomic E-state index is 11.5. The van der Waals surface area contributed by atoms with Crippen molar-refractivity contribution in [1.29, 1.82) is 0 Å². The molecule has 0 aromatic rings. The van der Waals surface area contributed by atoms with Gasteiger partial charge in [-0.05, 0) is 31.1 Å². The summed E-state index contributed by atoms with van der Waals surface area (Å²) in [6, 6.07) is 0. The normalized spacial score (nSPS) is 16.2. The van der Waals surface area contributed by atoms with Gasteiger partial charge in [0.15, 0.2) is 5.76 Å². The van der Waals surface area contributed by atoms with Gasteiger partial charge >= 0.3 is 0 Å². The summed E-state index contributed by atoms with van der Waals surface area (Å²) in [4.78, 5) is 11.5. The van der Waals surface area contributed by atoms with Crippen molar-refractivity contribution in [3.8, 4) is 0 Å². The van der Waals surface area contributed by atoms with E-state index in [4.69, 9.17) is 4.74 Å². The Labute approximate surface area is 83.7 Å². The van der Waals surface area contributed by atoms with E-state index in [9.17, 15) is 4.79 Å². The highest BCUT2D eigenvalue weighted by molar-refractivity contribution is 7.99. The minimum absolute atomic E-state index is 0.151. The first-order valence-electron chi connectivity index (χ1n) is 4.78. The maximum Gasteiger partial charge on any atom is 0.206 e. The molecular weight excluding hydrogens is 184 g/mol. The number of thioether (sulfide) groups is 1. The van der Waals surface area contributed by atoms with E-state index in [1.807, 2.05) is 6.08 Å². The van der Waals surface area contributed by atoms with Crippen molar-refractivity contribution in [1.82, 2.24) is 0 Å². The molecule has 13 heavy (non-hydrogen) atoms. The minimum Gasteiger partial charge on any atom is -0.490 e. The Bertz CT molecular complexity index is 199. The van der Waals surface area contributed by atoms with Gasteiger partial charge < -0.3 is 4.74 Å². The number of carbonyl (C=O) groups excluding carboxylic acids is 1. The van der Waals surface area contributed by atoms with E-state index in [0.717, 1.165) is 25.0 Å². The molecule has 2 nitrogen and oxygen atoms in total. The van der Waals surface area contributed by atoms with Crippen LogP contribution in [0.3, 0.4) is 0 Å². The summed E-state index contributed by atoms with van der Waals surface area (Å²) in [5, 5.41) is 0. The van der Waals surface area contributed by atoms with E-state index in [0.29, 0.717) is 18.1 Å². The second-order valence-corrected chi connectivity index (χ2v) is 4.14. The van der Waals surface area contributed by atoms with E-state index >= 15 is 0 Å². The summed E-state index contributed by atoms with van der Waals surface area (Å²) in [7, 11) is 0. The quantitative estimate of drug-likeness (QED) is 0.637. The molecule has 1 aliphatic heterocycles. The Balaban J connectivity index is 2.25. The van der Waals surface area contributed by atoms with Crippen molar-refractivity contribution < 1.29 is 9.53 Å². The number of rotatable bonds is 5. The Hall–Kier alpha value is -0.440. The standard InChI is InChI=1S/C10H16O2S/c1-2-7-13-8-9(11)10-5-3-4-6-12-10/h5H,2-4,6-8H2,1H3. The number of hydrogen-bond acceptors (Lipinski definition) is 3. The Morgan fingerprint density at radius 3 is 3.15 bits per heavy atom. The summed E-state index contributed by atoms with van der Waals surface area (Å²) in [5.41, 5.74) is 0. The molecule has 74 valence electrons. The molecule has 0 spiro atoms. The third-order valence-electron chi connectivity index (χ3n) is 1.79. The zero-order chi connectivity index (χ0) is 9.52. The third-order valence-corrected chi connectivity index (χ3v) is 2.96. The van der Waals surface area contributed by atoms with Crippen molar-refractivity contribution in [3.63, 3.8) is 0 Å². The number of allylic oxidation sites excluding steroid dienone is 2. The van der Waals surface area contributed by atoms with E-state index in [-0.39, 0.29) is 5.78 Å². The molecule has 0 unspecified atom stereocenters. The molecule has 0 saturated heterocycles. The van der Waals surface area contributed by atoms with Crippen molar-refractivity contribution in [2.75, 3.05) is 18.1 Å². The van der Waals surface area contributed by atoms with Crippen molar-refractivity contribution >= 4 is 17.5 Å². The zero-order valence-corrected chi connectivity index (χ0v) is 8.86. The van der Waals surface area contributed by atoms with E-state index in [1.54, 1.807) is 11.8 Å². The lowest BCUT2D eigenvalue weighted by Crippen LogP contribution is -2.13. The van der Waals surface area contributed by atoms with Gasteiger partial charge in [-0.1, -0.05) is 6.92 Å². The fourth-order valence-corrected chi connectivity index (χ4v) is 1.89. The molecular formula is C10H16O2S. The first-order valence-corrected chi connectivity index (χ1v) is 5.94. The lowest BCUT2D eigenvalue weighted by atomic mass is 10.2. The summed E-state index contributed by atoms with van der Waals surface area (Å²) >= 11 is 1.68. The van der Waals surface area contributed by atoms with Gasteiger partial charge in [-0.25, -0.2) is 0 Å². The first-order chi connectivity index (χ1) is 6.34. The predicted octanol–water partition coefficient (Wildman–Crippen LogP) is 2.39. The van der Waals surface area contributed by atoms with Crippen LogP contribution in [0.2, 0.25) is 0 Å². The van der Waals surface area contributed by atoms with Crippen LogP contribution in [0.15, 0.2) is 11.8 Å². The van der Waals surface area contributed by atoms with Gasteiger partial charge in [0.25, 0.3) is 0 Å². The van der Waals surface area contributed by atoms with Crippen LogP contribution in [0, 0.1) is 0 Å². The van der Waals surface area contributed by atoms with Crippen molar-refractivity contribution in [2.24, 2.45) is 0 Å². The number of hydrogen-bond donors (Lipinski definition) is 0. The van der Waals surface area contributed by atoms with Crippen LogP contribution in [0.5, 0.6) is 0 Å². The molecule has 1 rings (SSSR count). The molecule has 0 amide bonds. The van der Waals surface area contributed by atoms with Gasteiger partial charge in [0.2, 0.25) is 5.78 Å². The Kier molecular flexibility index (Phi) is 4.98. The highest BCUT2D eigenvalue weighted by atomic mass is 32.2. The fourth-order valence-electron chi connectivity index (χ4n) is 1.13. The number of Topliss-reactive ketones (excluding diaryl/α,β-unsaturated/α-hetero) is 1. The molecule has 0 fully saturated rings. The highest BCUT2D eigenvalue weighted by Gasteiger charge is 2.12. The van der Waals surface area contributed by atoms with Crippen LogP contribution in [0.1, 0.15) is 26.2 Å². The Morgan fingerprint density at radius 2 is 2.54 bits per heavy atom. The fraction of sp³-hybridized carbons (Fsp3) is 0.700. The van der Waals surface area contributed by atoms with Crippen LogP contribution < -0.4 is 0 Å². The molecule has 0 aromatic heterocycles. The Morgan fingerprint density at radius 1 is 1.69 bits per heavy atom. The van der Waals surface area contributed by atoms with E-state index < -0.39 is 0 Å². The van der Waals surface area contributed by atoms with Gasteiger partial charge in [0.1, 0.15) is 0 Å². The summed E-state index contributed by atoms with van der Waals surface area (Å²) < 4.78 is 5.27. The molecule has 0 saturated carbocycles. The topological polar surface area (TPSA) is 26.3 Å². The number of carbonyl (C=O) groups is 1. The molecule has 0 N–H and O–H groups in total. The van der Waals surface area contributed by atoms with Gasteiger partial charge in [0.05, 0.1) is 12.4 Å². The molecule has 0 aromatic carbocycles. The number of ether oxygens (including phenoxy) is 1. The van der Waals surface area contributed by atoms with Gasteiger partial charge in [0, 0.05) is 0 Å². The number of ketones is 1. The maximum absolute atomic E-state index is 11.5. The van der Waals surface area contributed by atoms with Crippen molar-refractivity contribution in [2.45, 2.75) is 26.2 Å². The van der Waals surface area contributed by atoms with Crippen LogP contribution in [0.25, 0.3) is 0 Å². The molecule has 3 heteroatoms. The lowest BCUT2D eigenvalue weighted by Gasteiger charge is -2.13. The van der Waals surface area contributed by atoms with Gasteiger partial charge in [-0.2, -0.15) is 11.8 Å². The molecule has 0 atom stereocenters. The molecule has 1 aliphatic rings. The summed E-state index contributed by atoms with van der Waals surface area (Å²) in [6.07, 6.45) is 5.06. The van der Waals surface area contributed by atoms with Gasteiger partial charge in [-0.3, -0.25) is 4.79 Å². The monoisotopic (exact) mass is 200 g/mol. The smallest absolute Gasteiger partial charge is 0.206 e. The van der Waals surface area contributed by atoms with E-state index in [2.05, 4.69) is 6.92 Å². The molecule has 1 heterocycles. The highest BCUT2D eigenvalue weighted by Crippen LogP contribution is 2.13. The molecule has 0 bridgehead atoms. The zero-order valence-electron chi connectivity index (χ0n) is 8.04. The third kappa shape index (κ3) is 3.85. The van der Waals surface area contributed by atoms with E-state index in [1.165, 1.54) is 0 Å².